The van der Waals surface area contributed by atoms with Crippen LogP contribution in [0.4, 0.5) is 0 Å². The molecule has 0 radical (unpaired) electrons. The Bertz CT molecular complexity index is 304. The quantitative estimate of drug-likeness (QED) is 0.491. The van der Waals surface area contributed by atoms with E-state index in [1.165, 1.54) is 11.8 Å². The van der Waals surface area contributed by atoms with E-state index in [0.717, 1.165) is 0 Å². The van der Waals surface area contributed by atoms with Crippen molar-refractivity contribution in [2.45, 2.75) is 17.7 Å². The molecule has 6 nitrogen and oxygen atoms in total. The number of hydrogen-bond donors (Lipinski definition) is 3. The molecule has 2 atom stereocenters. The lowest BCUT2D eigenvalue weighted by molar-refractivity contribution is -0.119. The van der Waals surface area contributed by atoms with Crippen LogP contribution in [0.2, 0.25) is 0 Å². The molecular formula is C7H16N2O4S2. The molecule has 0 heterocycles. The van der Waals surface area contributed by atoms with E-state index in [1.807, 2.05) is 6.26 Å². The number of rotatable bonds is 7. The molecule has 0 aliphatic heterocycles. The van der Waals surface area contributed by atoms with Crippen molar-refractivity contribution >= 4 is 27.7 Å². The molecule has 90 valence electrons. The molecule has 0 aromatic carbocycles. The fourth-order valence-corrected chi connectivity index (χ4v) is 2.21. The normalized spacial score (nSPS) is 16.0. The summed E-state index contributed by atoms with van der Waals surface area (Å²) >= 11 is 1.50. The van der Waals surface area contributed by atoms with E-state index in [2.05, 4.69) is 0 Å². The Morgan fingerprint density at radius 3 is 2.40 bits per heavy atom. The highest BCUT2D eigenvalue weighted by Crippen LogP contribution is 2.06. The van der Waals surface area contributed by atoms with Crippen molar-refractivity contribution in [3.63, 3.8) is 0 Å². The topological polar surface area (TPSA) is 123 Å². The number of ketones is 1. The Hall–Kier alpha value is -0.150. The van der Waals surface area contributed by atoms with E-state index in [9.17, 15) is 13.2 Å². The average molecular weight is 256 g/mol. The Morgan fingerprint density at radius 1 is 1.53 bits per heavy atom. The van der Waals surface area contributed by atoms with Crippen LogP contribution < -0.4 is 11.5 Å². The van der Waals surface area contributed by atoms with Crippen molar-refractivity contribution in [2.24, 2.45) is 11.5 Å². The van der Waals surface area contributed by atoms with Crippen LogP contribution in [0.5, 0.6) is 0 Å². The summed E-state index contributed by atoms with van der Waals surface area (Å²) in [7, 11) is -4.45. The van der Waals surface area contributed by atoms with Crippen molar-refractivity contribution in [1.82, 2.24) is 0 Å². The molecule has 0 rings (SSSR count). The summed E-state index contributed by atoms with van der Waals surface area (Å²) < 4.78 is 30.3. The Labute approximate surface area is 93.5 Å². The summed E-state index contributed by atoms with van der Waals surface area (Å²) in [5, 5.41) is -1.60. The number of carbonyl (C=O) groups excluding carboxylic acids is 1. The molecule has 0 aliphatic rings. The number of carbonyl (C=O) groups is 1. The van der Waals surface area contributed by atoms with E-state index in [4.69, 9.17) is 16.0 Å². The number of hydrogen-bond acceptors (Lipinski definition) is 6. The third-order valence-electron chi connectivity index (χ3n) is 1.89. The van der Waals surface area contributed by atoms with E-state index >= 15 is 0 Å². The van der Waals surface area contributed by atoms with Gasteiger partial charge in [0.25, 0.3) is 10.1 Å². The van der Waals surface area contributed by atoms with Crippen LogP contribution in [0, 0.1) is 0 Å². The number of Topliss-reactive ketones (excluding diaryl/α,β-unsaturated/α-hetero) is 1. The zero-order chi connectivity index (χ0) is 12.1. The fourth-order valence-electron chi connectivity index (χ4n) is 1.01. The minimum atomic E-state index is -4.45. The Balaban J connectivity index is 4.53. The van der Waals surface area contributed by atoms with Crippen LogP contribution in [-0.4, -0.2) is 48.6 Å². The van der Waals surface area contributed by atoms with Crippen LogP contribution >= 0.6 is 11.8 Å². The third kappa shape index (κ3) is 4.94. The zero-order valence-electron chi connectivity index (χ0n) is 8.42. The van der Waals surface area contributed by atoms with Gasteiger partial charge in [-0.05, 0) is 18.4 Å². The van der Waals surface area contributed by atoms with Crippen molar-refractivity contribution in [1.29, 1.82) is 0 Å². The average Bonchev–Trinajstić information content (AvgIpc) is 2.12. The van der Waals surface area contributed by atoms with Crippen molar-refractivity contribution in [3.8, 4) is 0 Å². The van der Waals surface area contributed by atoms with Gasteiger partial charge in [-0.25, -0.2) is 0 Å². The lowest BCUT2D eigenvalue weighted by Gasteiger charge is -2.15. The van der Waals surface area contributed by atoms with Gasteiger partial charge >= 0.3 is 0 Å². The third-order valence-corrected chi connectivity index (χ3v) is 3.68. The maximum Gasteiger partial charge on any atom is 0.276 e. The summed E-state index contributed by atoms with van der Waals surface area (Å²) in [4.78, 5) is 11.5. The number of nitrogens with two attached hydrogens (primary N) is 2. The second-order valence-electron chi connectivity index (χ2n) is 3.03. The smallest absolute Gasteiger partial charge is 0.276 e. The van der Waals surface area contributed by atoms with Gasteiger partial charge in [0.1, 0.15) is 0 Å². The largest absolute Gasteiger partial charge is 0.329 e. The summed E-state index contributed by atoms with van der Waals surface area (Å²) in [6, 6.07) is -0.895. The van der Waals surface area contributed by atoms with E-state index in [1.54, 1.807) is 0 Å². The highest BCUT2D eigenvalue weighted by Gasteiger charge is 2.32. The lowest BCUT2D eigenvalue weighted by Crippen LogP contribution is -2.46. The molecule has 0 aliphatic carbocycles. The van der Waals surface area contributed by atoms with Gasteiger partial charge < -0.3 is 11.5 Å². The first kappa shape index (κ1) is 14.8. The van der Waals surface area contributed by atoms with E-state index < -0.39 is 33.7 Å². The van der Waals surface area contributed by atoms with E-state index in [0.29, 0.717) is 12.2 Å². The maximum absolute atomic E-state index is 11.5. The molecule has 5 N–H and O–H groups in total. The standard InChI is InChI=1S/C7H16N2O4S2/c1-14-3-2-5(9)7(10)6(4-8)15(11,12)13/h5-6H,2-4,8-9H2,1H3,(H,11,12,13)/t5-,6?/m0/s1. The Kier molecular flexibility index (Phi) is 6.37. The first-order valence-corrected chi connectivity index (χ1v) is 7.19. The molecule has 0 aromatic rings. The molecule has 0 aromatic heterocycles. The number of thioether (sulfide) groups is 1. The molecule has 15 heavy (non-hydrogen) atoms. The predicted octanol–water partition coefficient (Wildman–Crippen LogP) is -1.15. The van der Waals surface area contributed by atoms with Crippen molar-refractivity contribution < 1.29 is 17.8 Å². The maximum atomic E-state index is 11.5. The van der Waals surface area contributed by atoms with Gasteiger partial charge in [0.05, 0.1) is 6.04 Å². The Morgan fingerprint density at radius 2 is 2.07 bits per heavy atom. The summed E-state index contributed by atoms with van der Waals surface area (Å²) in [5.41, 5.74) is 10.6. The van der Waals surface area contributed by atoms with Crippen LogP contribution in [0.3, 0.4) is 0 Å². The van der Waals surface area contributed by atoms with Gasteiger partial charge in [-0.1, -0.05) is 0 Å². The van der Waals surface area contributed by atoms with Gasteiger partial charge in [0, 0.05) is 6.54 Å². The van der Waals surface area contributed by atoms with Gasteiger partial charge in [-0.3, -0.25) is 9.35 Å². The molecule has 1 unspecified atom stereocenters. The summed E-state index contributed by atoms with van der Waals surface area (Å²) in [6.45, 7) is -0.454. The van der Waals surface area contributed by atoms with Gasteiger partial charge in [0.15, 0.2) is 11.0 Å². The molecule has 0 saturated heterocycles. The van der Waals surface area contributed by atoms with Crippen LogP contribution in [0.15, 0.2) is 0 Å². The molecule has 0 spiro atoms. The molecular weight excluding hydrogens is 240 g/mol. The second-order valence-corrected chi connectivity index (χ2v) is 5.61. The first-order chi connectivity index (χ1) is 6.84. The second kappa shape index (κ2) is 6.44. The molecule has 0 fully saturated rings. The first-order valence-electron chi connectivity index (χ1n) is 4.29. The predicted molar refractivity (Wildman–Crippen MR) is 60.4 cm³/mol. The summed E-state index contributed by atoms with van der Waals surface area (Å²) in [5.74, 6) is -0.0792. The molecule has 0 bridgehead atoms. The highest BCUT2D eigenvalue weighted by atomic mass is 32.2. The minimum Gasteiger partial charge on any atom is -0.329 e. The van der Waals surface area contributed by atoms with Gasteiger partial charge in [0.2, 0.25) is 0 Å². The molecule has 8 heteroatoms. The van der Waals surface area contributed by atoms with Gasteiger partial charge in [-0.15, -0.1) is 0 Å². The zero-order valence-corrected chi connectivity index (χ0v) is 10.1. The monoisotopic (exact) mass is 256 g/mol. The lowest BCUT2D eigenvalue weighted by atomic mass is 10.1. The van der Waals surface area contributed by atoms with Crippen LogP contribution in [0.1, 0.15) is 6.42 Å². The van der Waals surface area contributed by atoms with Crippen molar-refractivity contribution in [2.75, 3.05) is 18.6 Å². The van der Waals surface area contributed by atoms with Crippen LogP contribution in [0.25, 0.3) is 0 Å². The highest BCUT2D eigenvalue weighted by molar-refractivity contribution is 7.98. The van der Waals surface area contributed by atoms with E-state index in [-0.39, 0.29) is 0 Å². The van der Waals surface area contributed by atoms with Crippen LogP contribution in [-0.2, 0) is 14.9 Å². The SMILES string of the molecule is CSCC[C@H](N)C(=O)C(CN)S(=O)(=O)O. The minimum absolute atomic E-state index is 0.367. The summed E-state index contributed by atoms with van der Waals surface area (Å²) in [6.07, 6.45) is 2.21. The molecule has 0 saturated carbocycles. The van der Waals surface area contributed by atoms with Gasteiger partial charge in [-0.2, -0.15) is 20.2 Å². The van der Waals surface area contributed by atoms with Crippen molar-refractivity contribution in [3.05, 3.63) is 0 Å². The fraction of sp³-hybridized carbons (Fsp3) is 0.857. The molecule has 0 amide bonds.